The topological polar surface area (TPSA) is 69.0 Å². The third-order valence-corrected chi connectivity index (χ3v) is 7.30. The fourth-order valence-corrected chi connectivity index (χ4v) is 5.16. The van der Waals surface area contributed by atoms with Crippen LogP contribution < -0.4 is 19.8 Å². The zero-order chi connectivity index (χ0) is 26.1. The Balaban J connectivity index is 1.71. The summed E-state index contributed by atoms with van der Waals surface area (Å²) in [6.45, 7) is 5.04. The highest BCUT2D eigenvalue weighted by atomic mass is 79.9. The fourth-order valence-electron chi connectivity index (χ4n) is 4.54. The molecule has 0 saturated carbocycles. The highest BCUT2D eigenvalue weighted by molar-refractivity contribution is 9.10. The summed E-state index contributed by atoms with van der Waals surface area (Å²) in [5.41, 5.74) is 1.81. The third-order valence-electron chi connectivity index (χ3n) is 6.28. The number of benzene rings is 3. The van der Waals surface area contributed by atoms with Crippen molar-refractivity contribution in [3.8, 4) is 11.5 Å². The van der Waals surface area contributed by atoms with E-state index in [1.165, 1.54) is 0 Å². The number of hydrogen-bond acceptors (Lipinski definition) is 5. The molecule has 1 aromatic heterocycles. The first kappa shape index (κ1) is 25.5. The van der Waals surface area contributed by atoms with Gasteiger partial charge in [-0.15, -0.1) is 0 Å². The lowest BCUT2D eigenvalue weighted by Crippen LogP contribution is -2.29. The number of fused-ring (bicyclic) bond motifs is 2. The van der Waals surface area contributed by atoms with Crippen molar-refractivity contribution >= 4 is 54.4 Å². The first-order chi connectivity index (χ1) is 17.9. The Morgan fingerprint density at radius 1 is 0.892 bits per heavy atom. The van der Waals surface area contributed by atoms with E-state index in [1.54, 1.807) is 23.1 Å². The molecule has 0 fully saturated rings. The molecule has 0 spiro atoms. The normalized spacial score (nSPS) is 14.8. The average Bonchev–Trinajstić information content (AvgIpc) is 3.18. The van der Waals surface area contributed by atoms with Crippen LogP contribution in [0, 0.1) is 0 Å². The van der Waals surface area contributed by atoms with Crippen LogP contribution in [0.1, 0.15) is 54.4 Å². The Bertz CT molecular complexity index is 1530. The Hall–Kier alpha value is -3.10. The number of ether oxygens (including phenoxy) is 2. The van der Waals surface area contributed by atoms with Crippen LogP contribution in [0.5, 0.6) is 11.5 Å². The van der Waals surface area contributed by atoms with Crippen LogP contribution in [0.15, 0.2) is 78.8 Å². The molecule has 1 unspecified atom stereocenters. The summed E-state index contributed by atoms with van der Waals surface area (Å²) in [6.07, 6.45) is 1.95. The maximum absolute atomic E-state index is 13.9. The molecule has 0 radical (unpaired) electrons. The number of carbonyl (C=O) groups is 1. The SMILES string of the molecule is CCCCOc1ccc(C2c3c(oc4ccc(Br)cc4c3=O)C(=O)N2c2ccc(Br)cc2)cc1OCC. The molecule has 2 heterocycles. The van der Waals surface area contributed by atoms with Gasteiger partial charge in [-0.3, -0.25) is 14.5 Å². The highest BCUT2D eigenvalue weighted by Gasteiger charge is 2.44. The molecule has 5 rings (SSSR count). The standard InChI is InChI=1S/C29H25Br2NO5/c1-3-5-14-36-23-12-6-17(15-24(23)35-4-2)26-25-27(33)21-16-19(31)9-13-22(21)37-28(25)29(34)32(26)20-10-7-18(30)8-11-20/h6-13,15-16,26H,3-5,14H2,1-2H3. The minimum absolute atomic E-state index is 0.0500. The van der Waals surface area contributed by atoms with Crippen LogP contribution >= 0.6 is 31.9 Å². The summed E-state index contributed by atoms with van der Waals surface area (Å²) in [7, 11) is 0. The minimum Gasteiger partial charge on any atom is -0.490 e. The van der Waals surface area contributed by atoms with Crippen molar-refractivity contribution in [3.05, 3.63) is 96.7 Å². The quantitative estimate of drug-likeness (QED) is 0.188. The predicted octanol–water partition coefficient (Wildman–Crippen LogP) is 7.65. The average molecular weight is 627 g/mol. The van der Waals surface area contributed by atoms with E-state index in [2.05, 4.69) is 38.8 Å². The Labute approximate surface area is 231 Å². The molecule has 4 aromatic rings. The van der Waals surface area contributed by atoms with Crippen LogP contribution in [0.4, 0.5) is 5.69 Å². The van der Waals surface area contributed by atoms with Crippen LogP contribution in [-0.4, -0.2) is 19.1 Å². The van der Waals surface area contributed by atoms with Gasteiger partial charge in [0.1, 0.15) is 5.58 Å². The number of hydrogen-bond donors (Lipinski definition) is 0. The number of halogens is 2. The van der Waals surface area contributed by atoms with Gasteiger partial charge >= 0.3 is 0 Å². The molecular weight excluding hydrogens is 602 g/mol. The largest absolute Gasteiger partial charge is 0.490 e. The zero-order valence-corrected chi connectivity index (χ0v) is 23.6. The Morgan fingerprint density at radius 2 is 1.65 bits per heavy atom. The van der Waals surface area contributed by atoms with E-state index in [1.807, 2.05) is 49.4 Å². The summed E-state index contributed by atoms with van der Waals surface area (Å²) >= 11 is 6.90. The molecule has 37 heavy (non-hydrogen) atoms. The molecule has 190 valence electrons. The fraction of sp³-hybridized carbons (Fsp3) is 0.241. The van der Waals surface area contributed by atoms with Crippen molar-refractivity contribution in [1.82, 2.24) is 0 Å². The van der Waals surface area contributed by atoms with Crippen molar-refractivity contribution in [2.75, 3.05) is 18.1 Å². The van der Waals surface area contributed by atoms with Gasteiger partial charge in [-0.25, -0.2) is 0 Å². The van der Waals surface area contributed by atoms with Gasteiger partial charge in [0, 0.05) is 14.6 Å². The van der Waals surface area contributed by atoms with Gasteiger partial charge in [0.2, 0.25) is 5.76 Å². The lowest BCUT2D eigenvalue weighted by Gasteiger charge is -2.26. The van der Waals surface area contributed by atoms with Crippen molar-refractivity contribution in [2.45, 2.75) is 32.7 Å². The molecule has 1 amide bonds. The summed E-state index contributed by atoms with van der Waals surface area (Å²) in [5, 5.41) is 0.410. The van der Waals surface area contributed by atoms with Gasteiger partial charge < -0.3 is 13.9 Å². The van der Waals surface area contributed by atoms with Crippen molar-refractivity contribution < 1.29 is 18.7 Å². The minimum atomic E-state index is -0.702. The van der Waals surface area contributed by atoms with E-state index < -0.39 is 6.04 Å². The van der Waals surface area contributed by atoms with Crippen LogP contribution in [0.25, 0.3) is 11.0 Å². The molecule has 0 bridgehead atoms. The molecule has 8 heteroatoms. The predicted molar refractivity (Wildman–Crippen MR) is 151 cm³/mol. The first-order valence-electron chi connectivity index (χ1n) is 12.2. The second kappa shape index (κ2) is 10.7. The van der Waals surface area contributed by atoms with Gasteiger partial charge in [0.05, 0.1) is 30.2 Å². The number of carbonyl (C=O) groups excluding carboxylic acids is 1. The number of unbranched alkanes of at least 4 members (excludes halogenated alkanes) is 1. The lowest BCUT2D eigenvalue weighted by molar-refractivity contribution is 0.0971. The lowest BCUT2D eigenvalue weighted by atomic mass is 9.97. The summed E-state index contributed by atoms with van der Waals surface area (Å²) < 4.78 is 19.6. The Kier molecular flexibility index (Phi) is 7.40. The monoisotopic (exact) mass is 625 g/mol. The third kappa shape index (κ3) is 4.80. The van der Waals surface area contributed by atoms with E-state index in [0.717, 1.165) is 27.4 Å². The molecule has 1 aliphatic rings. The second-order valence-electron chi connectivity index (χ2n) is 8.71. The van der Waals surface area contributed by atoms with E-state index in [4.69, 9.17) is 13.9 Å². The number of nitrogens with zero attached hydrogens (tertiary/aromatic N) is 1. The van der Waals surface area contributed by atoms with Crippen molar-refractivity contribution in [2.24, 2.45) is 0 Å². The molecule has 1 aliphatic heterocycles. The number of amides is 1. The molecule has 0 N–H and O–H groups in total. The molecule has 0 aliphatic carbocycles. The number of anilines is 1. The van der Waals surface area contributed by atoms with Crippen LogP contribution in [0.2, 0.25) is 0 Å². The summed E-state index contributed by atoms with van der Waals surface area (Å²) in [6, 6.07) is 17.5. The van der Waals surface area contributed by atoms with E-state index in [-0.39, 0.29) is 17.1 Å². The summed E-state index contributed by atoms with van der Waals surface area (Å²) in [4.78, 5) is 29.3. The van der Waals surface area contributed by atoms with Gasteiger partial charge in [-0.05, 0) is 73.5 Å². The van der Waals surface area contributed by atoms with Crippen molar-refractivity contribution in [1.29, 1.82) is 0 Å². The summed E-state index contributed by atoms with van der Waals surface area (Å²) in [5.74, 6) is 0.883. The first-order valence-corrected chi connectivity index (χ1v) is 13.8. The molecule has 6 nitrogen and oxygen atoms in total. The van der Waals surface area contributed by atoms with E-state index >= 15 is 0 Å². The van der Waals surface area contributed by atoms with Gasteiger partial charge in [-0.1, -0.05) is 51.3 Å². The molecular formula is C29H25Br2NO5. The maximum atomic E-state index is 13.9. The van der Waals surface area contributed by atoms with Crippen LogP contribution in [-0.2, 0) is 0 Å². The molecule has 0 saturated heterocycles. The maximum Gasteiger partial charge on any atom is 0.295 e. The van der Waals surface area contributed by atoms with E-state index in [9.17, 15) is 9.59 Å². The number of rotatable bonds is 8. The smallest absolute Gasteiger partial charge is 0.295 e. The highest BCUT2D eigenvalue weighted by Crippen LogP contribution is 2.43. The second-order valence-corrected chi connectivity index (χ2v) is 10.5. The Morgan fingerprint density at radius 3 is 2.38 bits per heavy atom. The van der Waals surface area contributed by atoms with E-state index in [0.29, 0.717) is 46.9 Å². The van der Waals surface area contributed by atoms with Gasteiger partial charge in [-0.2, -0.15) is 0 Å². The van der Waals surface area contributed by atoms with Crippen LogP contribution in [0.3, 0.4) is 0 Å². The van der Waals surface area contributed by atoms with Gasteiger partial charge in [0.15, 0.2) is 16.9 Å². The van der Waals surface area contributed by atoms with Crippen molar-refractivity contribution in [3.63, 3.8) is 0 Å². The zero-order valence-electron chi connectivity index (χ0n) is 20.4. The molecule has 1 atom stereocenters. The molecule has 3 aromatic carbocycles. The van der Waals surface area contributed by atoms with Gasteiger partial charge in [0.25, 0.3) is 5.91 Å².